The minimum absolute atomic E-state index is 0.0234. The first-order valence-electron chi connectivity index (χ1n) is 21.1. The van der Waals surface area contributed by atoms with Crippen molar-refractivity contribution in [3.8, 4) is 5.75 Å². The molecule has 6 aromatic carbocycles. The summed E-state index contributed by atoms with van der Waals surface area (Å²) in [6.45, 7) is 8.03. The summed E-state index contributed by atoms with van der Waals surface area (Å²) >= 11 is -1.88. The standard InChI is InChI=1S/C23H27N5O2S.C20H21N5O13S4/c1-4-28(5-2)20-12-15-23(22(24)16-20)26-25-18-8-10-19(11-9-18)27-31(29,30)21-13-6-17(3)7-14-21;1-22-23-13-9-15(41(29)30)11-8-14(39-37-35-27)19(20(26)17(11)18(13)21)25-24-12-5-4-10(7-16(12)42(31,32)33)3-2-6-34-40-38-36-28/h6-16,27H,4-5,24H2,1-3H3;4-5,7-9,26-28H,2-3,6,21H2,1H3,(H,29,30)(H,31,32,33). The third kappa shape index (κ3) is 15.9. The van der Waals surface area contributed by atoms with Crippen LogP contribution in [0.3, 0.4) is 0 Å². The number of hydrogen-bond acceptors (Lipinski definition) is 24. The molecule has 0 spiro atoms. The molecule has 0 amide bonds. The first-order chi connectivity index (χ1) is 34.8. The quantitative estimate of drug-likeness (QED) is 0.00432. The van der Waals surface area contributed by atoms with Crippen molar-refractivity contribution in [3.05, 3.63) is 108 Å². The predicted molar refractivity (Wildman–Crippen MR) is 274 cm³/mol. The zero-order valence-electron chi connectivity index (χ0n) is 38.9. The van der Waals surface area contributed by atoms with E-state index in [-0.39, 0.29) is 54.8 Å². The molecule has 10 N–H and O–H groups in total. The van der Waals surface area contributed by atoms with Gasteiger partial charge >= 0.3 is 0 Å². The van der Waals surface area contributed by atoms with Crippen molar-refractivity contribution in [2.24, 2.45) is 30.7 Å². The fourth-order valence-corrected chi connectivity index (χ4v) is 9.65. The van der Waals surface area contributed by atoms with E-state index in [4.69, 9.17) is 26.2 Å². The summed E-state index contributed by atoms with van der Waals surface area (Å²) < 4.78 is 97.0. The van der Waals surface area contributed by atoms with Crippen LogP contribution in [0.25, 0.3) is 10.8 Å². The molecular weight excluding hydrogens is 1060 g/mol. The van der Waals surface area contributed by atoms with E-state index in [1.165, 1.54) is 31.3 Å². The van der Waals surface area contributed by atoms with Crippen LogP contribution in [0.4, 0.5) is 51.2 Å². The second kappa shape index (κ2) is 27.2. The van der Waals surface area contributed by atoms with E-state index >= 15 is 0 Å². The molecule has 0 aliphatic heterocycles. The van der Waals surface area contributed by atoms with Gasteiger partial charge in [0, 0.05) is 36.9 Å². The van der Waals surface area contributed by atoms with Crippen LogP contribution in [-0.4, -0.2) is 72.5 Å². The highest BCUT2D eigenvalue weighted by Crippen LogP contribution is 2.49. The molecule has 0 saturated carbocycles. The molecule has 1 unspecified atom stereocenters. The number of nitrogens with one attached hydrogen (secondary N) is 1. The number of nitrogen functional groups attached to an aromatic ring is 2. The van der Waals surface area contributed by atoms with E-state index in [9.17, 15) is 35.3 Å². The molecule has 0 aliphatic rings. The average molecular weight is 1110 g/mol. The lowest BCUT2D eigenvalue weighted by atomic mass is 10.0. The SMILES string of the molecule is CCN(CC)c1ccc(N=Nc2ccc(NS(=O)(=O)c3ccc(C)cc3)cc2)c(N)c1.CN=Nc1cc(S(=O)O)c2cc(SOOO)c(N=Nc3ccc(CCCOSOOO)cc3S(=O)(=O)O)c(O)c2c1N. The molecule has 0 heterocycles. The van der Waals surface area contributed by atoms with Gasteiger partial charge in [-0.3, -0.25) is 13.5 Å². The molecule has 0 saturated heterocycles. The van der Waals surface area contributed by atoms with E-state index < -0.39 is 41.9 Å². The Balaban J connectivity index is 0.000000283. The molecule has 390 valence electrons. The lowest BCUT2D eigenvalue weighted by Crippen LogP contribution is -2.21. The number of nitrogens with two attached hydrogens (primary N) is 2. The first kappa shape index (κ1) is 57.7. The minimum Gasteiger partial charge on any atom is -0.505 e. The number of aromatic hydroxyl groups is 1. The number of nitrogens with zero attached hydrogens (tertiary/aromatic N) is 7. The van der Waals surface area contributed by atoms with E-state index in [1.54, 1.807) is 48.5 Å². The lowest BCUT2D eigenvalue weighted by Gasteiger charge is -2.21. The van der Waals surface area contributed by atoms with E-state index in [1.807, 2.05) is 25.1 Å². The number of benzene rings is 6. The molecule has 0 aliphatic carbocycles. The van der Waals surface area contributed by atoms with Crippen molar-refractivity contribution in [2.45, 2.75) is 53.2 Å². The van der Waals surface area contributed by atoms with Crippen molar-refractivity contribution in [3.63, 3.8) is 0 Å². The molecule has 0 aromatic heterocycles. The van der Waals surface area contributed by atoms with Gasteiger partial charge in [0.2, 0.25) is 0 Å². The first-order valence-corrected chi connectivity index (χ1v) is 26.5. The van der Waals surface area contributed by atoms with Gasteiger partial charge in [-0.15, -0.1) is 24.0 Å². The highest BCUT2D eigenvalue weighted by Gasteiger charge is 2.24. The number of phenolic OH excluding ortho intramolecular Hbond substituents is 1. The summed E-state index contributed by atoms with van der Waals surface area (Å²) in [5.41, 5.74) is 16.1. The van der Waals surface area contributed by atoms with Crippen molar-refractivity contribution in [1.82, 2.24) is 0 Å². The highest BCUT2D eigenvalue weighted by molar-refractivity contribution is 7.94. The Morgan fingerprint density at radius 1 is 0.795 bits per heavy atom. The molecule has 0 radical (unpaired) electrons. The van der Waals surface area contributed by atoms with E-state index in [0.717, 1.165) is 30.4 Å². The number of aryl methyl sites for hydroxylation is 2. The average Bonchev–Trinajstić information content (AvgIpc) is 3.35. The fourth-order valence-electron chi connectivity index (χ4n) is 6.62. The Hall–Kier alpha value is -6.23. The monoisotopic (exact) mass is 1100 g/mol. The number of hydrogen-bond donors (Lipinski definition) is 8. The molecule has 1 atom stereocenters. The number of fused-ring (bicyclic) bond motifs is 1. The smallest absolute Gasteiger partial charge is 0.296 e. The lowest BCUT2D eigenvalue weighted by molar-refractivity contribution is -0.434. The summed E-state index contributed by atoms with van der Waals surface area (Å²) in [4.78, 5) is 1.48. The van der Waals surface area contributed by atoms with E-state index in [2.05, 4.69) is 72.9 Å². The maximum atomic E-state index is 12.5. The summed E-state index contributed by atoms with van der Waals surface area (Å²) in [6, 6.07) is 25.4. The van der Waals surface area contributed by atoms with Gasteiger partial charge in [-0.2, -0.15) is 23.8 Å². The summed E-state index contributed by atoms with van der Waals surface area (Å²) in [7, 11) is -7.12. The molecule has 30 heteroatoms. The van der Waals surface area contributed by atoms with Crippen molar-refractivity contribution in [2.75, 3.05) is 47.8 Å². The number of rotatable bonds is 23. The zero-order chi connectivity index (χ0) is 53.3. The van der Waals surface area contributed by atoms with Crippen LogP contribution in [0.1, 0.15) is 31.4 Å². The maximum absolute atomic E-state index is 12.5. The molecule has 6 aromatic rings. The largest absolute Gasteiger partial charge is 0.505 e. The summed E-state index contributed by atoms with van der Waals surface area (Å²) in [5.74, 6) is -0.684. The molecule has 0 fully saturated rings. The molecule has 25 nitrogen and oxygen atoms in total. The van der Waals surface area contributed by atoms with Gasteiger partial charge < -0.3 is 26.0 Å². The Kier molecular flexibility index (Phi) is 21.5. The second-order valence-corrected chi connectivity index (χ2v) is 20.0. The van der Waals surface area contributed by atoms with Crippen LogP contribution in [-0.2, 0) is 60.6 Å². The van der Waals surface area contributed by atoms with Gasteiger partial charge in [0.05, 0.1) is 55.8 Å². The van der Waals surface area contributed by atoms with Crippen molar-refractivity contribution in [1.29, 1.82) is 0 Å². The van der Waals surface area contributed by atoms with Gasteiger partial charge in [-0.1, -0.05) is 33.8 Å². The third-order valence-electron chi connectivity index (χ3n) is 10.1. The summed E-state index contributed by atoms with van der Waals surface area (Å²) in [5, 5.41) is 58.3. The van der Waals surface area contributed by atoms with Gasteiger partial charge in [-0.25, -0.2) is 23.1 Å². The molecular formula is C43H48N10O15S5. The fraction of sp³-hybridized carbons (Fsp3) is 0.209. The van der Waals surface area contributed by atoms with Crippen LogP contribution in [0.15, 0.2) is 147 Å². The Morgan fingerprint density at radius 2 is 1.47 bits per heavy atom. The Bertz CT molecular complexity index is 3210. The number of sulfonamides is 1. The molecule has 0 bridgehead atoms. The third-order valence-corrected chi connectivity index (χ3v) is 14.1. The zero-order valence-corrected chi connectivity index (χ0v) is 43.0. The topological polar surface area (TPSA) is 374 Å². The van der Waals surface area contributed by atoms with Crippen molar-refractivity contribution < 1.29 is 68.7 Å². The van der Waals surface area contributed by atoms with Gasteiger partial charge in [0.15, 0.2) is 29.2 Å². The summed E-state index contributed by atoms with van der Waals surface area (Å²) in [6.07, 6.45) is 0.685. The van der Waals surface area contributed by atoms with Gasteiger partial charge in [-0.05, 0) is 118 Å². The molecule has 73 heavy (non-hydrogen) atoms. The van der Waals surface area contributed by atoms with Crippen LogP contribution in [0.5, 0.6) is 5.75 Å². The normalized spacial score (nSPS) is 12.4. The van der Waals surface area contributed by atoms with Crippen molar-refractivity contribution >= 4 is 118 Å². The number of anilines is 4. The molecule has 6 rings (SSSR count). The maximum Gasteiger partial charge on any atom is 0.296 e. The highest BCUT2D eigenvalue weighted by atomic mass is 32.2. The van der Waals surface area contributed by atoms with Gasteiger partial charge in [0.1, 0.15) is 27.6 Å². The van der Waals surface area contributed by atoms with Crippen LogP contribution < -0.4 is 21.1 Å². The predicted octanol–water partition coefficient (Wildman–Crippen LogP) is 11.1. The van der Waals surface area contributed by atoms with E-state index in [0.29, 0.717) is 65.5 Å². The van der Waals surface area contributed by atoms with Crippen LogP contribution >= 0.6 is 24.4 Å². The number of azo groups is 3. The second-order valence-electron chi connectivity index (χ2n) is 14.8. The Morgan fingerprint density at radius 3 is 2.08 bits per heavy atom. The number of phenols is 1. The minimum atomic E-state index is -4.81. The van der Waals surface area contributed by atoms with Crippen LogP contribution in [0, 0.1) is 6.92 Å². The van der Waals surface area contributed by atoms with Gasteiger partial charge in [0.25, 0.3) is 20.1 Å². The Labute approximate surface area is 429 Å². The van der Waals surface area contributed by atoms with Crippen LogP contribution in [0.2, 0.25) is 0 Å².